The minimum atomic E-state index is -1.65. The maximum absolute atomic E-state index is 13.2. The van der Waals surface area contributed by atoms with E-state index in [1.54, 1.807) is 0 Å². The fourth-order valence-electron chi connectivity index (χ4n) is 1.23. The fraction of sp³-hybridized carbons (Fsp3) is 0.364. The maximum Gasteiger partial charge on any atom is 0.319 e. The van der Waals surface area contributed by atoms with Crippen molar-refractivity contribution in [3.8, 4) is 0 Å². The molecular weight excluding hydrogens is 265 g/mol. The Kier molecular flexibility index (Phi) is 5.58. The summed E-state index contributed by atoms with van der Waals surface area (Å²) in [6.45, 7) is 0.00410. The summed E-state index contributed by atoms with van der Waals surface area (Å²) >= 11 is 0. The van der Waals surface area contributed by atoms with Gasteiger partial charge >= 0.3 is 6.03 Å². The zero-order valence-electron chi connectivity index (χ0n) is 10.3. The minimum Gasteiger partial charge on any atom is -0.354 e. The van der Waals surface area contributed by atoms with Crippen LogP contribution in [-0.2, 0) is 9.47 Å². The number of carbonyl (C=O) groups is 1. The second kappa shape index (κ2) is 6.95. The number of rotatable bonds is 5. The number of amides is 2. The summed E-state index contributed by atoms with van der Waals surface area (Å²) in [5.74, 6) is -4.45. The van der Waals surface area contributed by atoms with E-state index in [0.717, 1.165) is 6.07 Å². The first kappa shape index (κ1) is 15.3. The predicted molar refractivity (Wildman–Crippen MR) is 61.1 cm³/mol. The van der Waals surface area contributed by atoms with Gasteiger partial charge in [0.05, 0.1) is 12.2 Å². The topological polar surface area (TPSA) is 59.6 Å². The van der Waals surface area contributed by atoms with Gasteiger partial charge in [0.2, 0.25) is 0 Å². The molecule has 1 aromatic rings. The Morgan fingerprint density at radius 1 is 1.21 bits per heavy atom. The van der Waals surface area contributed by atoms with Crippen molar-refractivity contribution in [1.29, 1.82) is 0 Å². The number of halogens is 3. The number of urea groups is 1. The van der Waals surface area contributed by atoms with Crippen molar-refractivity contribution < 1.29 is 27.4 Å². The van der Waals surface area contributed by atoms with Gasteiger partial charge in [-0.25, -0.2) is 18.0 Å². The van der Waals surface area contributed by atoms with Gasteiger partial charge < -0.3 is 20.1 Å². The monoisotopic (exact) mass is 278 g/mol. The van der Waals surface area contributed by atoms with E-state index in [2.05, 4.69) is 5.32 Å². The number of hydrogen-bond acceptors (Lipinski definition) is 3. The minimum absolute atomic E-state index is 0.00410. The Morgan fingerprint density at radius 2 is 1.84 bits per heavy atom. The van der Waals surface area contributed by atoms with Crippen LogP contribution in [0, 0.1) is 17.5 Å². The summed E-state index contributed by atoms with van der Waals surface area (Å²) in [6.07, 6.45) is -0.666. The lowest BCUT2D eigenvalue weighted by atomic mass is 10.3. The van der Waals surface area contributed by atoms with Gasteiger partial charge in [0.25, 0.3) is 0 Å². The molecule has 0 fully saturated rings. The number of nitrogens with one attached hydrogen (secondary N) is 2. The van der Waals surface area contributed by atoms with Gasteiger partial charge in [-0.1, -0.05) is 0 Å². The van der Waals surface area contributed by atoms with Crippen molar-refractivity contribution in [3.63, 3.8) is 0 Å². The summed E-state index contributed by atoms with van der Waals surface area (Å²) in [6, 6.07) is 0.822. The molecule has 106 valence electrons. The summed E-state index contributed by atoms with van der Waals surface area (Å²) in [4.78, 5) is 11.4. The third-order valence-corrected chi connectivity index (χ3v) is 2.24. The van der Waals surface area contributed by atoms with Crippen molar-refractivity contribution in [2.75, 3.05) is 26.1 Å². The first-order valence-electron chi connectivity index (χ1n) is 5.23. The molecule has 0 radical (unpaired) electrons. The molecule has 1 aromatic carbocycles. The molecule has 2 N–H and O–H groups in total. The number of benzene rings is 1. The first-order valence-corrected chi connectivity index (χ1v) is 5.23. The van der Waals surface area contributed by atoms with Crippen molar-refractivity contribution >= 4 is 11.7 Å². The second-order valence-electron chi connectivity index (χ2n) is 3.46. The summed E-state index contributed by atoms with van der Waals surface area (Å²) in [5, 5.41) is 4.35. The number of anilines is 1. The van der Waals surface area contributed by atoms with E-state index < -0.39 is 35.5 Å². The molecular formula is C11H13F3N2O3. The Bertz CT molecular complexity index is 453. The summed E-state index contributed by atoms with van der Waals surface area (Å²) in [5.41, 5.74) is -0.470. The number of ether oxygens (including phenoxy) is 2. The van der Waals surface area contributed by atoms with Crippen LogP contribution in [0.4, 0.5) is 23.7 Å². The van der Waals surface area contributed by atoms with Crippen molar-refractivity contribution in [2.24, 2.45) is 0 Å². The third-order valence-electron chi connectivity index (χ3n) is 2.24. The van der Waals surface area contributed by atoms with Gasteiger partial charge in [0.1, 0.15) is 0 Å². The van der Waals surface area contributed by atoms with E-state index in [0.29, 0.717) is 6.07 Å². The average molecular weight is 278 g/mol. The van der Waals surface area contributed by atoms with Gasteiger partial charge in [0.15, 0.2) is 23.7 Å². The first-order chi connectivity index (χ1) is 8.99. The molecule has 19 heavy (non-hydrogen) atoms. The van der Waals surface area contributed by atoms with Crippen LogP contribution < -0.4 is 10.6 Å². The van der Waals surface area contributed by atoms with Crippen LogP contribution in [0.25, 0.3) is 0 Å². The highest BCUT2D eigenvalue weighted by molar-refractivity contribution is 5.89. The SMILES string of the molecule is COC(CNC(=O)Nc1ccc(F)c(F)c1F)OC. The molecule has 0 saturated carbocycles. The smallest absolute Gasteiger partial charge is 0.319 e. The maximum atomic E-state index is 13.2. The Hall–Kier alpha value is -1.80. The molecule has 0 spiro atoms. The van der Waals surface area contributed by atoms with E-state index in [9.17, 15) is 18.0 Å². The molecule has 0 aliphatic heterocycles. The molecule has 0 aliphatic rings. The lowest BCUT2D eigenvalue weighted by Gasteiger charge is -2.14. The molecule has 8 heteroatoms. The van der Waals surface area contributed by atoms with Gasteiger partial charge in [-0.2, -0.15) is 0 Å². The van der Waals surface area contributed by atoms with Gasteiger partial charge in [-0.15, -0.1) is 0 Å². The van der Waals surface area contributed by atoms with Crippen molar-refractivity contribution in [1.82, 2.24) is 5.32 Å². The molecule has 1 rings (SSSR count). The standard InChI is InChI=1S/C11H13F3N2O3/c1-18-8(19-2)5-15-11(17)16-7-4-3-6(12)9(13)10(7)14/h3-4,8H,5H2,1-2H3,(H2,15,16,17). The molecule has 0 bridgehead atoms. The largest absolute Gasteiger partial charge is 0.354 e. The van der Waals surface area contributed by atoms with Crippen LogP contribution in [0.15, 0.2) is 12.1 Å². The molecule has 5 nitrogen and oxygen atoms in total. The zero-order valence-corrected chi connectivity index (χ0v) is 10.3. The van der Waals surface area contributed by atoms with Crippen LogP contribution in [0.1, 0.15) is 0 Å². The molecule has 0 heterocycles. The Labute approximate surface area is 107 Å². The molecule has 0 unspecified atom stereocenters. The Morgan fingerprint density at radius 3 is 2.42 bits per heavy atom. The molecule has 0 atom stereocenters. The van der Waals surface area contributed by atoms with Gasteiger partial charge in [-0.3, -0.25) is 0 Å². The number of carbonyl (C=O) groups excluding carboxylic acids is 1. The quantitative estimate of drug-likeness (QED) is 0.638. The van der Waals surface area contributed by atoms with E-state index in [1.165, 1.54) is 14.2 Å². The highest BCUT2D eigenvalue weighted by atomic mass is 19.2. The normalized spacial score (nSPS) is 10.6. The lowest BCUT2D eigenvalue weighted by Crippen LogP contribution is -2.37. The summed E-state index contributed by atoms with van der Waals surface area (Å²) < 4.78 is 48.4. The predicted octanol–water partition coefficient (Wildman–Crippen LogP) is 1.84. The number of hydrogen-bond donors (Lipinski definition) is 2. The van der Waals surface area contributed by atoms with Crippen LogP contribution in [0.2, 0.25) is 0 Å². The number of methoxy groups -OCH3 is 2. The van der Waals surface area contributed by atoms with Gasteiger partial charge in [0, 0.05) is 14.2 Å². The summed E-state index contributed by atoms with van der Waals surface area (Å²) in [7, 11) is 2.76. The van der Waals surface area contributed by atoms with Crippen LogP contribution >= 0.6 is 0 Å². The Balaban J connectivity index is 2.60. The van der Waals surface area contributed by atoms with Crippen LogP contribution in [0.5, 0.6) is 0 Å². The van der Waals surface area contributed by atoms with E-state index in [-0.39, 0.29) is 6.54 Å². The zero-order chi connectivity index (χ0) is 14.4. The lowest BCUT2D eigenvalue weighted by molar-refractivity contribution is -0.0970. The van der Waals surface area contributed by atoms with Crippen molar-refractivity contribution in [2.45, 2.75) is 6.29 Å². The highest BCUT2D eigenvalue weighted by Crippen LogP contribution is 2.19. The molecule has 0 aliphatic carbocycles. The van der Waals surface area contributed by atoms with E-state index in [4.69, 9.17) is 9.47 Å². The average Bonchev–Trinajstić information content (AvgIpc) is 2.40. The van der Waals surface area contributed by atoms with Crippen LogP contribution in [-0.4, -0.2) is 33.1 Å². The van der Waals surface area contributed by atoms with E-state index >= 15 is 0 Å². The van der Waals surface area contributed by atoms with E-state index in [1.807, 2.05) is 5.32 Å². The highest BCUT2D eigenvalue weighted by Gasteiger charge is 2.15. The molecule has 2 amide bonds. The third kappa shape index (κ3) is 4.11. The van der Waals surface area contributed by atoms with Crippen LogP contribution in [0.3, 0.4) is 0 Å². The molecule has 0 aromatic heterocycles. The van der Waals surface area contributed by atoms with Gasteiger partial charge in [-0.05, 0) is 12.1 Å². The van der Waals surface area contributed by atoms with Crippen molar-refractivity contribution in [3.05, 3.63) is 29.6 Å². The molecule has 0 saturated heterocycles. The fourth-order valence-corrected chi connectivity index (χ4v) is 1.23. The second-order valence-corrected chi connectivity index (χ2v) is 3.46.